The fraction of sp³-hybridized carbons (Fsp3) is 0.250. The molecule has 6 rings (SSSR count). The summed E-state index contributed by atoms with van der Waals surface area (Å²) in [6, 6.07) is 23.0. The molecule has 3 heterocycles. The minimum atomic E-state index is 0.558. The maximum atomic E-state index is 6.22. The highest BCUT2D eigenvalue weighted by atomic mass is 79.9. The number of hydrogen-bond acceptors (Lipinski definition) is 4. The fourth-order valence-corrected chi connectivity index (χ4v) is 6.08. The second-order valence-corrected chi connectivity index (χ2v) is 11.6. The van der Waals surface area contributed by atoms with Gasteiger partial charge < -0.3 is 15.4 Å². The van der Waals surface area contributed by atoms with Crippen molar-refractivity contribution < 1.29 is 4.74 Å². The zero-order valence-corrected chi connectivity index (χ0v) is 25.3. The van der Waals surface area contributed by atoms with Crippen LogP contribution in [0.2, 0.25) is 0 Å². The van der Waals surface area contributed by atoms with Crippen molar-refractivity contribution >= 4 is 50.2 Å². The number of halogens is 1. The number of ether oxygens (including phenoxy) is 1. The van der Waals surface area contributed by atoms with Gasteiger partial charge in [0.15, 0.2) is 5.82 Å². The van der Waals surface area contributed by atoms with Crippen LogP contribution in [0.3, 0.4) is 0 Å². The predicted octanol–water partition coefficient (Wildman–Crippen LogP) is 7.93. The molecule has 0 saturated heterocycles. The minimum Gasteiger partial charge on any atom is -0.497 e. The molecule has 1 aliphatic heterocycles. The van der Waals surface area contributed by atoms with Crippen molar-refractivity contribution in [1.82, 2.24) is 14.2 Å². The molecular formula is C32H32BrN5OS. The zero-order valence-electron chi connectivity index (χ0n) is 22.9. The monoisotopic (exact) mass is 613 g/mol. The van der Waals surface area contributed by atoms with Crippen molar-refractivity contribution in [2.45, 2.75) is 46.2 Å². The first-order valence-electron chi connectivity index (χ1n) is 13.6. The standard InChI is InChI=1S/C32H32BrN5OS/c1-20-7-8-21(2)27(18-20)35-31(40)30-29(22-9-11-23(33)12-10-22)26-6-4-5-17-37-32(26)38(30)28(36-37)19-34-24-13-15-25(39-3)16-14-24/h7-16,18,34H,4-6,17,19H2,1-3H3,(H,35,40). The van der Waals surface area contributed by atoms with E-state index in [2.05, 4.69) is 92.0 Å². The molecule has 204 valence electrons. The number of nitrogens with one attached hydrogen (secondary N) is 2. The number of nitrogens with zero attached hydrogens (tertiary/aromatic N) is 3. The summed E-state index contributed by atoms with van der Waals surface area (Å²) in [5, 5.41) is 12.3. The van der Waals surface area contributed by atoms with E-state index in [4.69, 9.17) is 22.1 Å². The van der Waals surface area contributed by atoms with Crippen molar-refractivity contribution in [3.63, 3.8) is 0 Å². The second-order valence-electron chi connectivity index (χ2n) is 10.3. The van der Waals surface area contributed by atoms with E-state index in [-0.39, 0.29) is 0 Å². The third-order valence-electron chi connectivity index (χ3n) is 7.56. The highest BCUT2D eigenvalue weighted by molar-refractivity contribution is 9.10. The second kappa shape index (κ2) is 11.1. The largest absolute Gasteiger partial charge is 0.497 e. The predicted molar refractivity (Wildman–Crippen MR) is 171 cm³/mol. The molecule has 0 atom stereocenters. The lowest BCUT2D eigenvalue weighted by molar-refractivity contribution is 0.415. The third-order valence-corrected chi connectivity index (χ3v) is 8.38. The van der Waals surface area contributed by atoms with Gasteiger partial charge in [-0.2, -0.15) is 5.10 Å². The molecule has 0 saturated carbocycles. The Morgan fingerprint density at radius 2 is 1.80 bits per heavy atom. The maximum Gasteiger partial charge on any atom is 0.155 e. The van der Waals surface area contributed by atoms with Gasteiger partial charge in [-0.25, -0.2) is 4.68 Å². The molecule has 1 aliphatic rings. The first-order chi connectivity index (χ1) is 19.4. The average Bonchev–Trinajstić information content (AvgIpc) is 3.39. The van der Waals surface area contributed by atoms with E-state index in [1.807, 2.05) is 24.3 Å². The summed E-state index contributed by atoms with van der Waals surface area (Å²) in [7, 11) is 1.68. The molecule has 0 unspecified atom stereocenters. The Bertz CT molecular complexity index is 1700. The number of thiocarbonyl (C=S) groups is 1. The zero-order chi connectivity index (χ0) is 27.8. The Morgan fingerprint density at radius 3 is 2.55 bits per heavy atom. The number of methoxy groups -OCH3 is 1. The van der Waals surface area contributed by atoms with Crippen LogP contribution in [0, 0.1) is 13.8 Å². The van der Waals surface area contributed by atoms with Crippen LogP contribution in [0.5, 0.6) is 5.75 Å². The SMILES string of the molecule is COc1ccc(NCc2nn3c4c(c(-c5ccc(Br)cc5)c(C(=S)Nc5cc(C)ccc5C)n24)CCCC3)cc1. The summed E-state index contributed by atoms with van der Waals surface area (Å²) in [4.78, 5) is 0.693. The average molecular weight is 615 g/mol. The lowest BCUT2D eigenvalue weighted by Gasteiger charge is -2.15. The van der Waals surface area contributed by atoms with Crippen LogP contribution in [0.15, 0.2) is 71.2 Å². The van der Waals surface area contributed by atoms with Crippen LogP contribution in [-0.2, 0) is 19.5 Å². The Morgan fingerprint density at radius 1 is 1.02 bits per heavy atom. The summed E-state index contributed by atoms with van der Waals surface area (Å²) < 4.78 is 10.8. The van der Waals surface area contributed by atoms with Crippen LogP contribution in [-0.4, -0.2) is 26.3 Å². The molecule has 0 bridgehead atoms. The quantitative estimate of drug-likeness (QED) is 0.183. The van der Waals surface area contributed by atoms with E-state index >= 15 is 0 Å². The first-order valence-corrected chi connectivity index (χ1v) is 14.8. The van der Waals surface area contributed by atoms with Gasteiger partial charge in [0.1, 0.15) is 16.4 Å². The highest BCUT2D eigenvalue weighted by Crippen LogP contribution is 2.38. The Hall–Kier alpha value is -3.62. The molecule has 0 aliphatic carbocycles. The van der Waals surface area contributed by atoms with E-state index in [0.29, 0.717) is 11.5 Å². The van der Waals surface area contributed by atoms with Gasteiger partial charge in [-0.3, -0.25) is 4.40 Å². The van der Waals surface area contributed by atoms with Crippen molar-refractivity contribution in [2.24, 2.45) is 0 Å². The summed E-state index contributed by atoms with van der Waals surface area (Å²) in [5.74, 6) is 1.76. The Kier molecular flexibility index (Phi) is 7.38. The molecular weight excluding hydrogens is 582 g/mol. The number of rotatable bonds is 7. The van der Waals surface area contributed by atoms with E-state index in [1.54, 1.807) is 7.11 Å². The van der Waals surface area contributed by atoms with E-state index in [1.165, 1.54) is 16.7 Å². The highest BCUT2D eigenvalue weighted by Gasteiger charge is 2.29. The van der Waals surface area contributed by atoms with E-state index < -0.39 is 0 Å². The van der Waals surface area contributed by atoms with Crippen LogP contribution in [0.1, 0.15) is 41.1 Å². The van der Waals surface area contributed by atoms with Gasteiger partial charge >= 0.3 is 0 Å². The topological polar surface area (TPSA) is 55.5 Å². The number of anilines is 2. The number of benzene rings is 3. The van der Waals surface area contributed by atoms with Gasteiger partial charge in [-0.15, -0.1) is 0 Å². The molecule has 5 aromatic rings. The first kappa shape index (κ1) is 26.6. The molecule has 6 nitrogen and oxygen atoms in total. The lowest BCUT2D eigenvalue weighted by atomic mass is 9.98. The summed E-state index contributed by atoms with van der Waals surface area (Å²) >= 11 is 9.84. The van der Waals surface area contributed by atoms with Crippen molar-refractivity contribution in [2.75, 3.05) is 17.7 Å². The van der Waals surface area contributed by atoms with Gasteiger partial charge in [0, 0.05) is 33.5 Å². The number of hydrogen-bond donors (Lipinski definition) is 2. The minimum absolute atomic E-state index is 0.558. The van der Waals surface area contributed by atoms with Crippen molar-refractivity contribution in [3.8, 4) is 16.9 Å². The van der Waals surface area contributed by atoms with E-state index in [0.717, 1.165) is 75.7 Å². The molecule has 0 radical (unpaired) electrons. The normalized spacial score (nSPS) is 12.8. The smallest absolute Gasteiger partial charge is 0.155 e. The Labute approximate surface area is 248 Å². The van der Waals surface area contributed by atoms with E-state index in [9.17, 15) is 0 Å². The molecule has 40 heavy (non-hydrogen) atoms. The third kappa shape index (κ3) is 5.02. The maximum absolute atomic E-state index is 6.22. The van der Waals surface area contributed by atoms with Crippen LogP contribution >= 0.6 is 28.1 Å². The van der Waals surface area contributed by atoms with Crippen LogP contribution < -0.4 is 15.4 Å². The van der Waals surface area contributed by atoms with Crippen LogP contribution in [0.25, 0.3) is 16.8 Å². The molecule has 2 N–H and O–H groups in total. The number of aryl methyl sites for hydroxylation is 4. The van der Waals surface area contributed by atoms with Gasteiger partial charge in [0.25, 0.3) is 0 Å². The lowest BCUT2D eigenvalue weighted by Crippen LogP contribution is -2.17. The molecule has 3 aromatic carbocycles. The van der Waals surface area contributed by atoms with Gasteiger partial charge in [0.2, 0.25) is 0 Å². The summed E-state index contributed by atoms with van der Waals surface area (Å²) in [6.07, 6.45) is 3.19. The number of aromatic nitrogens is 3. The Balaban J connectivity index is 1.51. The summed E-state index contributed by atoms with van der Waals surface area (Å²) in [6.45, 7) is 5.66. The van der Waals surface area contributed by atoms with Crippen molar-refractivity contribution in [3.05, 3.63) is 99.4 Å². The molecule has 0 amide bonds. The van der Waals surface area contributed by atoms with Gasteiger partial charge in [-0.1, -0.05) is 52.4 Å². The summed E-state index contributed by atoms with van der Waals surface area (Å²) in [5.41, 5.74) is 10.2. The van der Waals surface area contributed by atoms with Crippen molar-refractivity contribution in [1.29, 1.82) is 0 Å². The van der Waals surface area contributed by atoms with Gasteiger partial charge in [0.05, 0.1) is 19.3 Å². The van der Waals surface area contributed by atoms with Gasteiger partial charge in [-0.05, 0) is 92.3 Å². The fourth-order valence-electron chi connectivity index (χ4n) is 5.52. The molecule has 0 fully saturated rings. The van der Waals surface area contributed by atoms with Crippen LogP contribution in [0.4, 0.5) is 11.4 Å². The molecule has 2 aromatic heterocycles. The molecule has 0 spiro atoms. The molecule has 8 heteroatoms.